The van der Waals surface area contributed by atoms with Crippen LogP contribution in [0.3, 0.4) is 0 Å². The summed E-state index contributed by atoms with van der Waals surface area (Å²) < 4.78 is 14.2. The number of H-pyrrole nitrogens is 1. The molecule has 1 aromatic carbocycles. The molecule has 0 saturated carbocycles. The molecule has 1 amide bonds. The van der Waals surface area contributed by atoms with Crippen LogP contribution in [0.25, 0.3) is 10.9 Å². The maximum absolute atomic E-state index is 14.2. The molecule has 1 unspecified atom stereocenters. The van der Waals surface area contributed by atoms with Crippen molar-refractivity contribution in [3.05, 3.63) is 28.7 Å². The Balaban J connectivity index is 1.62. The number of fused-ring (bicyclic) bond motifs is 1. The lowest BCUT2D eigenvalue weighted by Gasteiger charge is -2.47. The summed E-state index contributed by atoms with van der Waals surface area (Å²) in [4.78, 5) is 17.3. The molecule has 4 rings (SSSR count). The van der Waals surface area contributed by atoms with Gasteiger partial charge in [0.2, 0.25) is 0 Å². The summed E-state index contributed by atoms with van der Waals surface area (Å²) in [6.45, 7) is 3.54. The second kappa shape index (κ2) is 4.92. The molecule has 1 spiro atoms. The Bertz CT molecular complexity index is 777. The number of halogens is 2. The van der Waals surface area contributed by atoms with Gasteiger partial charge in [0.25, 0.3) is 5.91 Å². The zero-order valence-corrected chi connectivity index (χ0v) is 13.8. The second-order valence-corrected chi connectivity index (χ2v) is 7.31. The van der Waals surface area contributed by atoms with Gasteiger partial charge < -0.3 is 15.2 Å². The van der Waals surface area contributed by atoms with Crippen LogP contribution in [-0.4, -0.2) is 42.0 Å². The molecular weight excluding hydrogens is 324 g/mol. The third-order valence-corrected chi connectivity index (χ3v) is 5.81. The fourth-order valence-electron chi connectivity index (χ4n) is 3.48. The number of benzene rings is 1. The molecule has 116 valence electrons. The number of aromatic nitrogens is 1. The summed E-state index contributed by atoms with van der Waals surface area (Å²) in [5, 5.41) is 4.62. The predicted molar refractivity (Wildman–Crippen MR) is 88.4 cm³/mol. The Morgan fingerprint density at radius 3 is 2.86 bits per heavy atom. The maximum atomic E-state index is 14.2. The zero-order chi connectivity index (χ0) is 15.5. The third-order valence-electron chi connectivity index (χ3n) is 4.75. The van der Waals surface area contributed by atoms with E-state index in [0.717, 1.165) is 32.6 Å². The van der Waals surface area contributed by atoms with Crippen molar-refractivity contribution < 1.29 is 9.18 Å². The van der Waals surface area contributed by atoms with Crippen LogP contribution in [0, 0.1) is 11.2 Å². The van der Waals surface area contributed by atoms with Crippen LogP contribution in [0.4, 0.5) is 4.39 Å². The van der Waals surface area contributed by atoms with Crippen LogP contribution in [0.2, 0.25) is 5.02 Å². The van der Waals surface area contributed by atoms with Crippen LogP contribution in [0.1, 0.15) is 16.9 Å². The molecule has 2 aliphatic heterocycles. The first-order chi connectivity index (χ1) is 10.5. The highest BCUT2D eigenvalue weighted by Gasteiger charge is 2.47. The molecule has 0 aliphatic carbocycles. The van der Waals surface area contributed by atoms with Gasteiger partial charge in [-0.15, -0.1) is 9.24 Å². The van der Waals surface area contributed by atoms with Crippen LogP contribution < -0.4 is 10.6 Å². The fourth-order valence-corrected chi connectivity index (χ4v) is 3.91. The molecule has 2 aromatic rings. The van der Waals surface area contributed by atoms with E-state index in [2.05, 4.69) is 19.5 Å². The van der Waals surface area contributed by atoms with E-state index in [9.17, 15) is 9.18 Å². The van der Waals surface area contributed by atoms with E-state index in [1.54, 1.807) is 12.1 Å². The molecule has 1 aromatic heterocycles. The Kier molecular flexibility index (Phi) is 3.23. The van der Waals surface area contributed by atoms with Crippen molar-refractivity contribution in [2.45, 2.75) is 6.42 Å². The van der Waals surface area contributed by atoms with Crippen LogP contribution in [0.15, 0.2) is 12.1 Å². The average molecular weight is 340 g/mol. The smallest absolute Gasteiger partial charge is 0.270 e. The normalized spacial score (nSPS) is 19.9. The molecule has 22 heavy (non-hydrogen) atoms. The number of carbonyl (C=O) groups is 1. The van der Waals surface area contributed by atoms with E-state index < -0.39 is 5.82 Å². The highest BCUT2D eigenvalue weighted by atomic mass is 35.5. The largest absolute Gasteiger partial charge is 0.348 e. The first-order valence-corrected chi connectivity index (χ1v) is 8.21. The number of hydrogen-bond donors (Lipinski definition) is 2. The molecule has 1 atom stereocenters. The number of nitrogens with zero attached hydrogens (tertiary/aromatic N) is 1. The first kappa shape index (κ1) is 14.4. The lowest BCUT2D eigenvalue weighted by atomic mass is 9.79. The first-order valence-electron chi connectivity index (χ1n) is 7.25. The number of carbonyl (C=O) groups excluding carboxylic acids is 1. The quantitative estimate of drug-likeness (QED) is 0.780. The van der Waals surface area contributed by atoms with Gasteiger partial charge in [-0.25, -0.2) is 4.39 Å². The van der Waals surface area contributed by atoms with Gasteiger partial charge in [0.1, 0.15) is 5.69 Å². The third kappa shape index (κ3) is 2.07. The van der Waals surface area contributed by atoms with Gasteiger partial charge in [-0.2, -0.15) is 0 Å². The van der Waals surface area contributed by atoms with Crippen molar-refractivity contribution in [3.63, 3.8) is 0 Å². The lowest BCUT2D eigenvalue weighted by Crippen LogP contribution is -2.59. The van der Waals surface area contributed by atoms with Gasteiger partial charge in [0, 0.05) is 35.7 Å². The monoisotopic (exact) mass is 339 g/mol. The molecule has 0 radical (unpaired) electrons. The molecule has 2 aliphatic rings. The number of aromatic amines is 1. The molecule has 2 N–H and O–H groups in total. The number of rotatable bonds is 1. The maximum Gasteiger partial charge on any atom is 0.270 e. The van der Waals surface area contributed by atoms with Gasteiger partial charge in [-0.1, -0.05) is 11.6 Å². The SMILES string of the molecule is O=C(c1cc2cc(Cl)c(P)c(F)c2[nH]1)N1CC2(CCNC2)C1. The topological polar surface area (TPSA) is 48.1 Å². The zero-order valence-electron chi connectivity index (χ0n) is 11.9. The van der Waals surface area contributed by atoms with Crippen molar-refractivity contribution in [3.8, 4) is 0 Å². The second-order valence-electron chi connectivity index (χ2n) is 6.32. The Morgan fingerprint density at radius 2 is 2.18 bits per heavy atom. The van der Waals surface area contributed by atoms with Crippen molar-refractivity contribution in [2.24, 2.45) is 5.41 Å². The van der Waals surface area contributed by atoms with E-state index in [4.69, 9.17) is 11.6 Å². The van der Waals surface area contributed by atoms with E-state index in [1.165, 1.54) is 0 Å². The van der Waals surface area contributed by atoms with E-state index in [0.29, 0.717) is 26.9 Å². The number of nitrogens with one attached hydrogen (secondary N) is 2. The molecule has 0 bridgehead atoms. The van der Waals surface area contributed by atoms with E-state index >= 15 is 0 Å². The molecule has 2 saturated heterocycles. The average Bonchev–Trinajstić information content (AvgIpc) is 3.09. The number of hydrogen-bond acceptors (Lipinski definition) is 2. The number of amides is 1. The van der Waals surface area contributed by atoms with Crippen molar-refractivity contribution >= 4 is 43.0 Å². The summed E-state index contributed by atoms with van der Waals surface area (Å²) in [6, 6.07) is 3.35. The van der Waals surface area contributed by atoms with Crippen molar-refractivity contribution in [1.29, 1.82) is 0 Å². The Hall–Kier alpha value is -1.16. The fraction of sp³-hybridized carbons (Fsp3) is 0.400. The molecule has 3 heterocycles. The Morgan fingerprint density at radius 1 is 1.41 bits per heavy atom. The predicted octanol–water partition coefficient (Wildman–Crippen LogP) is 1.90. The summed E-state index contributed by atoms with van der Waals surface area (Å²) in [6.07, 6.45) is 1.12. The van der Waals surface area contributed by atoms with E-state index in [1.807, 2.05) is 4.90 Å². The standard InChI is InChI=1S/C15H16ClFN3OP/c16-9-3-8-4-10(19-12(8)11(17)13(9)22)14(21)20-6-15(7-20)1-2-18-5-15/h3-4,18-19H,1-2,5-7,22H2. The highest BCUT2D eigenvalue weighted by molar-refractivity contribution is 7.28. The molecular formula is C15H16ClFN3OP. The Labute approximate surface area is 134 Å². The van der Waals surface area contributed by atoms with Gasteiger partial charge >= 0.3 is 0 Å². The van der Waals surface area contributed by atoms with Gasteiger partial charge in [0.15, 0.2) is 5.82 Å². The highest BCUT2D eigenvalue weighted by Crippen LogP contribution is 2.37. The van der Waals surface area contributed by atoms with Crippen molar-refractivity contribution in [2.75, 3.05) is 26.2 Å². The van der Waals surface area contributed by atoms with Crippen LogP contribution >= 0.6 is 20.8 Å². The number of likely N-dealkylation sites (tertiary alicyclic amines) is 1. The lowest BCUT2D eigenvalue weighted by molar-refractivity contribution is 0.0155. The van der Waals surface area contributed by atoms with Crippen LogP contribution in [-0.2, 0) is 0 Å². The minimum Gasteiger partial charge on any atom is -0.348 e. The summed E-state index contributed by atoms with van der Waals surface area (Å²) in [7, 11) is 2.29. The summed E-state index contributed by atoms with van der Waals surface area (Å²) in [5.41, 5.74) is 1.00. The minimum atomic E-state index is -0.424. The van der Waals surface area contributed by atoms with Gasteiger partial charge in [0.05, 0.1) is 10.5 Å². The van der Waals surface area contributed by atoms with Gasteiger partial charge in [-0.3, -0.25) is 4.79 Å². The van der Waals surface area contributed by atoms with Crippen LogP contribution in [0.5, 0.6) is 0 Å². The molecule has 7 heteroatoms. The van der Waals surface area contributed by atoms with Crippen molar-refractivity contribution in [1.82, 2.24) is 15.2 Å². The van der Waals surface area contributed by atoms with Gasteiger partial charge in [-0.05, 0) is 25.1 Å². The molecule has 2 fully saturated rings. The summed E-state index contributed by atoms with van der Waals surface area (Å²) in [5.74, 6) is -0.499. The van der Waals surface area contributed by atoms with E-state index in [-0.39, 0.29) is 11.3 Å². The molecule has 4 nitrogen and oxygen atoms in total. The minimum absolute atomic E-state index is 0.0745. The summed E-state index contributed by atoms with van der Waals surface area (Å²) >= 11 is 5.99.